The molecule has 6 nitrogen and oxygen atoms in total. The van der Waals surface area contributed by atoms with Crippen LogP contribution in [0.25, 0.3) is 11.3 Å². The molecule has 28 heavy (non-hydrogen) atoms. The summed E-state index contributed by atoms with van der Waals surface area (Å²) in [4.78, 5) is 6.01. The molecule has 146 valence electrons. The van der Waals surface area contributed by atoms with E-state index in [-0.39, 0.29) is 29.7 Å². The average Bonchev–Trinajstić information content (AvgIpc) is 3.12. The van der Waals surface area contributed by atoms with Gasteiger partial charge in [0.25, 0.3) is 10.0 Å². The highest BCUT2D eigenvalue weighted by Crippen LogP contribution is 2.31. The van der Waals surface area contributed by atoms with Gasteiger partial charge in [0, 0.05) is 38.7 Å². The van der Waals surface area contributed by atoms with E-state index in [2.05, 4.69) is 4.98 Å². The third-order valence-corrected chi connectivity index (χ3v) is 6.57. The van der Waals surface area contributed by atoms with Gasteiger partial charge in [-0.3, -0.25) is 0 Å². The molecule has 2 heterocycles. The molecule has 0 saturated carbocycles. The molecule has 0 unspecified atom stereocenters. The molecule has 2 aromatic carbocycles. The maximum atomic E-state index is 14.0. The van der Waals surface area contributed by atoms with Crippen molar-refractivity contribution in [3.63, 3.8) is 0 Å². The van der Waals surface area contributed by atoms with E-state index in [1.54, 1.807) is 37.3 Å². The molecule has 4 rings (SSSR count). The lowest BCUT2D eigenvalue weighted by Crippen LogP contribution is -2.49. The number of aryl methyl sites for hydroxylation is 1. The van der Waals surface area contributed by atoms with Crippen LogP contribution in [0.3, 0.4) is 0 Å². The minimum atomic E-state index is -3.83. The Morgan fingerprint density at radius 1 is 0.964 bits per heavy atom. The number of aromatic nitrogens is 1. The number of sulfonamides is 1. The zero-order valence-corrected chi connectivity index (χ0v) is 16.2. The van der Waals surface area contributed by atoms with Gasteiger partial charge in [0.1, 0.15) is 5.82 Å². The number of nitrogens with zero attached hydrogens (tertiary/aromatic N) is 3. The Labute approximate surface area is 163 Å². The average molecular weight is 401 g/mol. The predicted octanol–water partition coefficient (Wildman–Crippen LogP) is 3.30. The second-order valence-electron chi connectivity index (χ2n) is 6.58. The smallest absolute Gasteiger partial charge is 0.264 e. The van der Waals surface area contributed by atoms with E-state index in [1.165, 1.54) is 10.4 Å². The molecular formula is C20H20FN3O3S. The Bertz CT molecular complexity index is 1080. The van der Waals surface area contributed by atoms with E-state index in [9.17, 15) is 12.8 Å². The molecule has 0 amide bonds. The van der Waals surface area contributed by atoms with Crippen molar-refractivity contribution >= 4 is 15.7 Å². The number of oxazole rings is 1. The summed E-state index contributed by atoms with van der Waals surface area (Å²) in [6, 6.07) is 15.6. The van der Waals surface area contributed by atoms with E-state index < -0.39 is 10.0 Å². The van der Waals surface area contributed by atoms with Crippen molar-refractivity contribution in [1.29, 1.82) is 0 Å². The van der Waals surface area contributed by atoms with Crippen LogP contribution < -0.4 is 4.90 Å². The molecule has 1 aliphatic rings. The maximum Gasteiger partial charge on any atom is 0.264 e. The number of benzene rings is 2. The summed E-state index contributed by atoms with van der Waals surface area (Å²) in [5.74, 6) is 0.231. The van der Waals surface area contributed by atoms with Crippen LogP contribution in [0.5, 0.6) is 0 Å². The first kappa shape index (κ1) is 18.6. The van der Waals surface area contributed by atoms with Crippen LogP contribution in [-0.4, -0.2) is 43.9 Å². The number of hydrogen-bond donors (Lipinski definition) is 0. The predicted molar refractivity (Wildman–Crippen MR) is 104 cm³/mol. The van der Waals surface area contributed by atoms with Gasteiger partial charge < -0.3 is 9.32 Å². The lowest BCUT2D eigenvalue weighted by atomic mass is 10.2. The van der Waals surface area contributed by atoms with Crippen LogP contribution in [0, 0.1) is 12.7 Å². The van der Waals surface area contributed by atoms with Gasteiger partial charge in [0.2, 0.25) is 5.03 Å². The van der Waals surface area contributed by atoms with Gasteiger partial charge in [-0.1, -0.05) is 42.5 Å². The van der Waals surface area contributed by atoms with E-state index in [0.717, 1.165) is 0 Å². The lowest BCUT2D eigenvalue weighted by molar-refractivity contribution is 0.382. The van der Waals surface area contributed by atoms with Crippen molar-refractivity contribution in [3.05, 3.63) is 66.3 Å². The summed E-state index contributed by atoms with van der Waals surface area (Å²) in [6.45, 7) is 2.92. The largest absolute Gasteiger partial charge is 0.440 e. The molecule has 0 N–H and O–H groups in total. The highest BCUT2D eigenvalue weighted by atomic mass is 32.2. The second-order valence-corrected chi connectivity index (χ2v) is 8.43. The molecule has 1 saturated heterocycles. The summed E-state index contributed by atoms with van der Waals surface area (Å²) in [5, 5.41) is -0.0736. The Morgan fingerprint density at radius 2 is 1.61 bits per heavy atom. The molecule has 1 aromatic heterocycles. The third-order valence-electron chi connectivity index (χ3n) is 4.76. The van der Waals surface area contributed by atoms with Crippen molar-refractivity contribution in [3.8, 4) is 11.3 Å². The molecule has 1 aliphatic heterocycles. The first-order valence-electron chi connectivity index (χ1n) is 8.99. The fourth-order valence-corrected chi connectivity index (χ4v) is 4.88. The van der Waals surface area contributed by atoms with Gasteiger partial charge in [-0.05, 0) is 12.1 Å². The van der Waals surface area contributed by atoms with Crippen LogP contribution in [0.15, 0.2) is 64.0 Å². The Hall–Kier alpha value is -2.71. The fraction of sp³-hybridized carbons (Fsp3) is 0.250. The molecule has 1 fully saturated rings. The van der Waals surface area contributed by atoms with E-state index in [0.29, 0.717) is 30.2 Å². The number of rotatable bonds is 4. The summed E-state index contributed by atoms with van der Waals surface area (Å²) in [6.07, 6.45) is 0. The Morgan fingerprint density at radius 3 is 2.29 bits per heavy atom. The van der Waals surface area contributed by atoms with Crippen molar-refractivity contribution in [2.45, 2.75) is 11.9 Å². The van der Waals surface area contributed by atoms with Gasteiger partial charge in [-0.2, -0.15) is 4.31 Å². The topological polar surface area (TPSA) is 66.7 Å². The van der Waals surface area contributed by atoms with Gasteiger partial charge >= 0.3 is 0 Å². The summed E-state index contributed by atoms with van der Waals surface area (Å²) < 4.78 is 47.4. The number of anilines is 1. The third kappa shape index (κ3) is 3.41. The van der Waals surface area contributed by atoms with Gasteiger partial charge in [0.05, 0.1) is 5.69 Å². The van der Waals surface area contributed by atoms with Crippen LogP contribution in [0.1, 0.15) is 5.89 Å². The Kier molecular flexibility index (Phi) is 4.91. The Balaban J connectivity index is 1.59. The van der Waals surface area contributed by atoms with Gasteiger partial charge in [-0.15, -0.1) is 0 Å². The molecular weight excluding hydrogens is 381 g/mol. The lowest BCUT2D eigenvalue weighted by Gasteiger charge is -2.35. The first-order valence-corrected chi connectivity index (χ1v) is 10.4. The normalized spacial score (nSPS) is 15.7. The summed E-state index contributed by atoms with van der Waals surface area (Å²) >= 11 is 0. The minimum absolute atomic E-state index is 0.0736. The van der Waals surface area contributed by atoms with Crippen LogP contribution in [0.2, 0.25) is 0 Å². The molecule has 8 heteroatoms. The van der Waals surface area contributed by atoms with Crippen molar-refractivity contribution in [2.75, 3.05) is 31.1 Å². The highest BCUT2D eigenvalue weighted by Gasteiger charge is 2.34. The van der Waals surface area contributed by atoms with E-state index in [4.69, 9.17) is 4.42 Å². The van der Waals surface area contributed by atoms with Gasteiger partial charge in [0.15, 0.2) is 11.7 Å². The van der Waals surface area contributed by atoms with Gasteiger partial charge in [-0.25, -0.2) is 17.8 Å². The number of hydrogen-bond acceptors (Lipinski definition) is 5. The van der Waals surface area contributed by atoms with Crippen molar-refractivity contribution < 1.29 is 17.2 Å². The SMILES string of the molecule is Cc1nc(S(=O)(=O)N2CCN(c3ccccc3F)CC2)c(-c2ccccc2)o1. The maximum absolute atomic E-state index is 14.0. The summed E-state index contributed by atoms with van der Waals surface area (Å²) in [5.41, 5.74) is 1.15. The standard InChI is InChI=1S/C20H20FN3O3S/c1-15-22-20(19(27-15)16-7-3-2-4-8-16)28(25,26)24-13-11-23(12-14-24)18-10-6-5-9-17(18)21/h2-10H,11-14H2,1H3. The van der Waals surface area contributed by atoms with Crippen molar-refractivity contribution in [1.82, 2.24) is 9.29 Å². The zero-order valence-electron chi connectivity index (χ0n) is 15.4. The second kappa shape index (κ2) is 7.37. The van der Waals surface area contributed by atoms with Crippen LogP contribution in [-0.2, 0) is 10.0 Å². The minimum Gasteiger partial charge on any atom is -0.440 e. The molecule has 0 bridgehead atoms. The zero-order chi connectivity index (χ0) is 19.7. The number of piperazine rings is 1. The van der Waals surface area contributed by atoms with E-state index in [1.807, 2.05) is 23.1 Å². The van der Waals surface area contributed by atoms with Crippen molar-refractivity contribution in [2.24, 2.45) is 0 Å². The fourth-order valence-electron chi connectivity index (χ4n) is 3.35. The monoisotopic (exact) mass is 401 g/mol. The first-order chi connectivity index (χ1) is 13.5. The molecule has 0 radical (unpaired) electrons. The molecule has 0 aliphatic carbocycles. The quantitative estimate of drug-likeness (QED) is 0.671. The van der Waals surface area contributed by atoms with E-state index >= 15 is 0 Å². The highest BCUT2D eigenvalue weighted by molar-refractivity contribution is 7.89. The van der Waals surface area contributed by atoms with Crippen LogP contribution >= 0.6 is 0 Å². The number of halogens is 1. The molecule has 3 aromatic rings. The van der Waals surface area contributed by atoms with Crippen LogP contribution in [0.4, 0.5) is 10.1 Å². The molecule has 0 atom stereocenters. The molecule has 0 spiro atoms. The number of para-hydroxylation sites is 1. The summed E-state index contributed by atoms with van der Waals surface area (Å²) in [7, 11) is -3.83.